The van der Waals surface area contributed by atoms with Crippen molar-refractivity contribution in [1.29, 1.82) is 0 Å². The van der Waals surface area contributed by atoms with Gasteiger partial charge in [-0.25, -0.2) is 9.67 Å². The van der Waals surface area contributed by atoms with Gasteiger partial charge in [0.05, 0.1) is 12.3 Å². The number of amides is 1. The normalized spacial score (nSPS) is 10.7. The van der Waals surface area contributed by atoms with E-state index in [1.165, 1.54) is 0 Å². The van der Waals surface area contributed by atoms with Crippen LogP contribution >= 0.6 is 15.9 Å². The zero-order valence-corrected chi connectivity index (χ0v) is 15.2. The molecule has 0 bridgehead atoms. The van der Waals surface area contributed by atoms with Gasteiger partial charge in [0.1, 0.15) is 0 Å². The number of aryl methyl sites for hydroxylation is 1. The average Bonchev–Trinajstić information content (AvgIpc) is 3.06. The summed E-state index contributed by atoms with van der Waals surface area (Å²) in [5, 5.41) is 15.8. The van der Waals surface area contributed by atoms with E-state index >= 15 is 0 Å². The van der Waals surface area contributed by atoms with Gasteiger partial charge in [-0.05, 0) is 31.2 Å². The molecule has 0 aliphatic rings. The molecular formula is C18H17BrN4O2. The lowest BCUT2D eigenvalue weighted by Crippen LogP contribution is -2.27. The summed E-state index contributed by atoms with van der Waals surface area (Å²) >= 11 is 3.42. The molecule has 1 aromatic heterocycles. The van der Waals surface area contributed by atoms with Crippen LogP contribution in [0.25, 0.3) is 17.1 Å². The van der Waals surface area contributed by atoms with Crippen molar-refractivity contribution in [3.05, 3.63) is 64.4 Å². The molecule has 3 aromatic rings. The third-order valence-corrected chi connectivity index (χ3v) is 4.12. The van der Waals surface area contributed by atoms with Crippen molar-refractivity contribution < 1.29 is 9.90 Å². The van der Waals surface area contributed by atoms with Gasteiger partial charge in [0.25, 0.3) is 5.91 Å². The molecule has 2 aromatic carbocycles. The number of carbonyl (C=O) groups excluding carboxylic acids is 1. The Bertz CT molecular complexity index is 810. The van der Waals surface area contributed by atoms with Crippen molar-refractivity contribution in [2.45, 2.75) is 6.92 Å². The monoisotopic (exact) mass is 400 g/mol. The van der Waals surface area contributed by atoms with E-state index in [0.29, 0.717) is 5.82 Å². The molecule has 0 fully saturated rings. The first-order valence-corrected chi connectivity index (χ1v) is 8.57. The van der Waals surface area contributed by atoms with Gasteiger partial charge < -0.3 is 10.4 Å². The van der Waals surface area contributed by atoms with Crippen LogP contribution in [0.1, 0.15) is 16.2 Å². The highest BCUT2D eigenvalue weighted by Crippen LogP contribution is 2.23. The lowest BCUT2D eigenvalue weighted by molar-refractivity contribution is 0.0934. The number of aliphatic hydroxyl groups is 1. The fourth-order valence-electron chi connectivity index (χ4n) is 2.31. The van der Waals surface area contributed by atoms with Crippen LogP contribution in [-0.2, 0) is 0 Å². The van der Waals surface area contributed by atoms with Crippen LogP contribution in [0, 0.1) is 6.92 Å². The van der Waals surface area contributed by atoms with Gasteiger partial charge in [-0.2, -0.15) is 0 Å². The Kier molecular flexibility index (Phi) is 5.25. The molecule has 0 spiro atoms. The number of aromatic nitrogens is 3. The predicted molar refractivity (Wildman–Crippen MR) is 98.7 cm³/mol. The minimum Gasteiger partial charge on any atom is -0.395 e. The number of nitrogens with one attached hydrogen (secondary N) is 1. The fourth-order valence-corrected chi connectivity index (χ4v) is 2.57. The van der Waals surface area contributed by atoms with Crippen LogP contribution in [0.2, 0.25) is 0 Å². The number of hydrogen-bond donors (Lipinski definition) is 2. The second kappa shape index (κ2) is 7.58. The lowest BCUT2D eigenvalue weighted by Gasteiger charge is -2.06. The third-order valence-electron chi connectivity index (χ3n) is 3.59. The Labute approximate surface area is 153 Å². The van der Waals surface area contributed by atoms with E-state index in [2.05, 4.69) is 31.3 Å². The first-order chi connectivity index (χ1) is 12.1. The van der Waals surface area contributed by atoms with E-state index in [9.17, 15) is 4.79 Å². The van der Waals surface area contributed by atoms with Crippen molar-refractivity contribution >= 4 is 21.8 Å². The van der Waals surface area contributed by atoms with Gasteiger partial charge in [0, 0.05) is 16.6 Å². The van der Waals surface area contributed by atoms with Crippen molar-refractivity contribution in [3.63, 3.8) is 0 Å². The number of halogens is 1. The summed E-state index contributed by atoms with van der Waals surface area (Å²) in [5.41, 5.74) is 2.80. The van der Waals surface area contributed by atoms with Crippen molar-refractivity contribution in [1.82, 2.24) is 20.1 Å². The Balaban J connectivity index is 2.07. The Morgan fingerprint density at radius 1 is 1.16 bits per heavy atom. The molecule has 0 saturated heterocycles. The van der Waals surface area contributed by atoms with Crippen LogP contribution in [0.3, 0.4) is 0 Å². The molecule has 0 aliphatic heterocycles. The van der Waals surface area contributed by atoms with Gasteiger partial charge in [0.2, 0.25) is 5.82 Å². The molecule has 3 rings (SSSR count). The molecule has 128 valence electrons. The maximum absolute atomic E-state index is 12.2. The SMILES string of the molecule is Cc1ccc(-n2nc(C(=O)NCCO)nc2-c2ccc(Br)cc2)cc1. The van der Waals surface area contributed by atoms with Gasteiger partial charge in [-0.3, -0.25) is 4.79 Å². The third kappa shape index (κ3) is 3.94. The highest BCUT2D eigenvalue weighted by Gasteiger charge is 2.18. The maximum atomic E-state index is 12.2. The van der Waals surface area contributed by atoms with E-state index in [1.807, 2.05) is 55.5 Å². The number of rotatable bonds is 5. The average molecular weight is 401 g/mol. The van der Waals surface area contributed by atoms with E-state index in [0.717, 1.165) is 21.3 Å². The predicted octanol–water partition coefficient (Wildman–Crippen LogP) is 2.73. The molecule has 2 N–H and O–H groups in total. The highest BCUT2D eigenvalue weighted by molar-refractivity contribution is 9.10. The van der Waals surface area contributed by atoms with E-state index in [4.69, 9.17) is 5.11 Å². The molecule has 0 aliphatic carbocycles. The van der Waals surface area contributed by atoms with Gasteiger partial charge in [-0.15, -0.1) is 5.10 Å². The summed E-state index contributed by atoms with van der Waals surface area (Å²) in [6.45, 7) is 2.03. The quantitative estimate of drug-likeness (QED) is 0.689. The molecule has 0 saturated carbocycles. The highest BCUT2D eigenvalue weighted by atomic mass is 79.9. The van der Waals surface area contributed by atoms with Gasteiger partial charge >= 0.3 is 0 Å². The van der Waals surface area contributed by atoms with Crippen LogP contribution in [0.15, 0.2) is 53.0 Å². The summed E-state index contributed by atoms with van der Waals surface area (Å²) < 4.78 is 2.61. The number of benzene rings is 2. The van der Waals surface area contributed by atoms with Gasteiger partial charge in [0.15, 0.2) is 5.82 Å². The number of nitrogens with zero attached hydrogens (tertiary/aromatic N) is 3. The molecule has 6 nitrogen and oxygen atoms in total. The molecule has 1 heterocycles. The Morgan fingerprint density at radius 2 is 1.84 bits per heavy atom. The molecular weight excluding hydrogens is 384 g/mol. The van der Waals surface area contributed by atoms with E-state index in [1.54, 1.807) is 4.68 Å². The van der Waals surface area contributed by atoms with Crippen LogP contribution in [-0.4, -0.2) is 38.9 Å². The van der Waals surface area contributed by atoms with Crippen molar-refractivity contribution in [3.8, 4) is 17.1 Å². The minimum absolute atomic E-state index is 0.0620. The van der Waals surface area contributed by atoms with E-state index in [-0.39, 0.29) is 19.0 Å². The number of hydrogen-bond acceptors (Lipinski definition) is 4. The van der Waals surface area contributed by atoms with Crippen LogP contribution in [0.5, 0.6) is 0 Å². The van der Waals surface area contributed by atoms with E-state index < -0.39 is 5.91 Å². The van der Waals surface area contributed by atoms with Crippen LogP contribution < -0.4 is 5.32 Å². The smallest absolute Gasteiger partial charge is 0.291 e. The van der Waals surface area contributed by atoms with Crippen LogP contribution in [0.4, 0.5) is 0 Å². The summed E-state index contributed by atoms with van der Waals surface area (Å²) in [5.74, 6) is 0.218. The number of aliphatic hydroxyl groups excluding tert-OH is 1. The van der Waals surface area contributed by atoms with Crippen molar-refractivity contribution in [2.24, 2.45) is 0 Å². The topological polar surface area (TPSA) is 80.0 Å². The summed E-state index contributed by atoms with van der Waals surface area (Å²) in [6, 6.07) is 15.5. The molecule has 7 heteroatoms. The number of carbonyl (C=O) groups is 1. The summed E-state index contributed by atoms with van der Waals surface area (Å²) in [6.07, 6.45) is 0. The standard InChI is InChI=1S/C18H17BrN4O2/c1-12-2-8-15(9-3-12)23-17(13-4-6-14(19)7-5-13)21-16(22-23)18(25)20-10-11-24/h2-9,24H,10-11H2,1H3,(H,20,25). The summed E-state index contributed by atoms with van der Waals surface area (Å²) in [7, 11) is 0. The molecule has 0 radical (unpaired) electrons. The fraction of sp³-hybridized carbons (Fsp3) is 0.167. The second-order valence-corrected chi connectivity index (χ2v) is 6.41. The molecule has 1 amide bonds. The zero-order chi connectivity index (χ0) is 17.8. The molecule has 0 unspecified atom stereocenters. The first-order valence-electron chi connectivity index (χ1n) is 7.77. The largest absolute Gasteiger partial charge is 0.395 e. The molecule has 0 atom stereocenters. The molecule has 25 heavy (non-hydrogen) atoms. The van der Waals surface area contributed by atoms with Crippen molar-refractivity contribution in [2.75, 3.05) is 13.2 Å². The Morgan fingerprint density at radius 3 is 2.48 bits per heavy atom. The lowest BCUT2D eigenvalue weighted by atomic mass is 10.2. The minimum atomic E-state index is -0.418. The maximum Gasteiger partial charge on any atom is 0.291 e. The first kappa shape index (κ1) is 17.3. The Hall–Kier alpha value is -2.51. The van der Waals surface area contributed by atoms with Gasteiger partial charge in [-0.1, -0.05) is 45.8 Å². The summed E-state index contributed by atoms with van der Waals surface area (Å²) in [4.78, 5) is 16.6. The zero-order valence-electron chi connectivity index (χ0n) is 13.6. The second-order valence-electron chi connectivity index (χ2n) is 5.49.